The number of amides is 1. The van der Waals surface area contributed by atoms with E-state index < -0.39 is 12.1 Å². The number of nitrogens with one attached hydrogen (secondary N) is 1. The normalized spacial score (nSPS) is 15.7. The maximum atomic E-state index is 11.9. The number of ether oxygens (including phenoxy) is 1. The van der Waals surface area contributed by atoms with Crippen molar-refractivity contribution in [2.75, 3.05) is 0 Å². The van der Waals surface area contributed by atoms with Crippen LogP contribution >= 0.6 is 0 Å². The summed E-state index contributed by atoms with van der Waals surface area (Å²) in [5.74, 6) is -1.11. The standard InChI is InChI=1S/C14H17NO4/c1-8-4-3-5-11(12(8)16)14(18)19-9(2)13(17)15-10-6-7-10/h3-5,9-10,16H,6-7H2,1-2H3,(H,15,17)/t9-/m1/s1. The maximum Gasteiger partial charge on any atom is 0.342 e. The van der Waals surface area contributed by atoms with Crippen LogP contribution in [-0.4, -0.2) is 29.1 Å². The Morgan fingerprint density at radius 1 is 1.42 bits per heavy atom. The molecule has 2 N–H and O–H groups in total. The Bertz CT molecular complexity index is 508. The van der Waals surface area contributed by atoms with E-state index in [1.165, 1.54) is 13.0 Å². The molecule has 1 fully saturated rings. The van der Waals surface area contributed by atoms with Gasteiger partial charge in [-0.15, -0.1) is 0 Å². The van der Waals surface area contributed by atoms with Crippen LogP contribution in [-0.2, 0) is 9.53 Å². The molecule has 0 aliphatic heterocycles. The van der Waals surface area contributed by atoms with E-state index in [-0.39, 0.29) is 23.3 Å². The van der Waals surface area contributed by atoms with Gasteiger partial charge in [0.2, 0.25) is 0 Å². The summed E-state index contributed by atoms with van der Waals surface area (Å²) in [4.78, 5) is 23.5. The number of rotatable bonds is 4. The molecule has 1 aliphatic rings. The number of hydrogen-bond acceptors (Lipinski definition) is 4. The van der Waals surface area contributed by atoms with Crippen LogP contribution in [0.5, 0.6) is 5.75 Å². The highest BCUT2D eigenvalue weighted by Gasteiger charge is 2.27. The van der Waals surface area contributed by atoms with E-state index in [2.05, 4.69) is 5.32 Å². The van der Waals surface area contributed by atoms with E-state index in [0.717, 1.165) is 12.8 Å². The molecule has 2 rings (SSSR count). The van der Waals surface area contributed by atoms with Gasteiger partial charge in [0.25, 0.3) is 5.91 Å². The fraction of sp³-hybridized carbons (Fsp3) is 0.429. The molecule has 19 heavy (non-hydrogen) atoms. The van der Waals surface area contributed by atoms with Crippen molar-refractivity contribution in [1.29, 1.82) is 0 Å². The second-order valence-corrected chi connectivity index (χ2v) is 4.80. The molecule has 0 heterocycles. The molecule has 0 unspecified atom stereocenters. The minimum absolute atomic E-state index is 0.0751. The highest BCUT2D eigenvalue weighted by Crippen LogP contribution is 2.23. The Balaban J connectivity index is 1.99. The van der Waals surface area contributed by atoms with Gasteiger partial charge in [0, 0.05) is 6.04 Å². The molecule has 1 aliphatic carbocycles. The van der Waals surface area contributed by atoms with E-state index in [1.54, 1.807) is 19.1 Å². The summed E-state index contributed by atoms with van der Waals surface area (Å²) in [5, 5.41) is 12.5. The van der Waals surface area contributed by atoms with Gasteiger partial charge in [-0.05, 0) is 38.3 Å². The topological polar surface area (TPSA) is 75.6 Å². The van der Waals surface area contributed by atoms with Crippen LogP contribution in [0.1, 0.15) is 35.7 Å². The van der Waals surface area contributed by atoms with Gasteiger partial charge in [-0.1, -0.05) is 12.1 Å². The first-order valence-electron chi connectivity index (χ1n) is 6.29. The van der Waals surface area contributed by atoms with Crippen molar-refractivity contribution in [2.45, 2.75) is 38.8 Å². The number of carbonyl (C=O) groups excluding carboxylic acids is 2. The first kappa shape index (κ1) is 13.4. The smallest absolute Gasteiger partial charge is 0.342 e. The third-order valence-electron chi connectivity index (χ3n) is 3.03. The van der Waals surface area contributed by atoms with Gasteiger partial charge in [-0.2, -0.15) is 0 Å². The number of aromatic hydroxyl groups is 1. The van der Waals surface area contributed by atoms with Crippen molar-refractivity contribution in [3.8, 4) is 5.75 Å². The molecule has 1 saturated carbocycles. The van der Waals surface area contributed by atoms with E-state index >= 15 is 0 Å². The van der Waals surface area contributed by atoms with Crippen LogP contribution in [0.4, 0.5) is 0 Å². The zero-order chi connectivity index (χ0) is 14.0. The Morgan fingerprint density at radius 3 is 2.74 bits per heavy atom. The van der Waals surface area contributed by atoms with E-state index in [0.29, 0.717) is 5.56 Å². The second kappa shape index (κ2) is 5.30. The number of benzene rings is 1. The molecule has 5 nitrogen and oxygen atoms in total. The number of hydrogen-bond donors (Lipinski definition) is 2. The van der Waals surface area contributed by atoms with Gasteiger partial charge >= 0.3 is 5.97 Å². The lowest BCUT2D eigenvalue weighted by Gasteiger charge is -2.14. The summed E-state index contributed by atoms with van der Waals surface area (Å²) >= 11 is 0. The number of phenolic OH excluding ortho intramolecular Hbond substituents is 1. The zero-order valence-electron chi connectivity index (χ0n) is 11.0. The summed E-state index contributed by atoms with van der Waals surface area (Å²) in [7, 11) is 0. The molecule has 0 radical (unpaired) electrons. The van der Waals surface area contributed by atoms with Crippen LogP contribution in [0, 0.1) is 6.92 Å². The van der Waals surface area contributed by atoms with Crippen molar-refractivity contribution >= 4 is 11.9 Å². The average molecular weight is 263 g/mol. The fourth-order valence-corrected chi connectivity index (χ4v) is 1.65. The first-order chi connectivity index (χ1) is 8.99. The Labute approximate surface area is 111 Å². The summed E-state index contributed by atoms with van der Waals surface area (Å²) in [6.07, 6.45) is 1.09. The molecule has 1 amide bonds. The van der Waals surface area contributed by atoms with Gasteiger partial charge in [0.15, 0.2) is 6.10 Å². The van der Waals surface area contributed by atoms with Crippen molar-refractivity contribution in [2.24, 2.45) is 0 Å². The number of phenols is 1. The molecule has 102 valence electrons. The molecule has 5 heteroatoms. The van der Waals surface area contributed by atoms with Crippen molar-refractivity contribution in [3.05, 3.63) is 29.3 Å². The summed E-state index contributed by atoms with van der Waals surface area (Å²) in [6, 6.07) is 5.03. The minimum atomic E-state index is -0.868. The molecule has 1 aromatic rings. The van der Waals surface area contributed by atoms with Crippen LogP contribution in [0.25, 0.3) is 0 Å². The van der Waals surface area contributed by atoms with Crippen molar-refractivity contribution < 1.29 is 19.4 Å². The lowest BCUT2D eigenvalue weighted by Crippen LogP contribution is -2.37. The Kier molecular flexibility index (Phi) is 3.74. The fourth-order valence-electron chi connectivity index (χ4n) is 1.65. The Hall–Kier alpha value is -2.04. The monoisotopic (exact) mass is 263 g/mol. The molecule has 0 saturated heterocycles. The maximum absolute atomic E-state index is 11.9. The largest absolute Gasteiger partial charge is 0.507 e. The molecular formula is C14H17NO4. The predicted octanol–water partition coefficient (Wildman–Crippen LogP) is 1.52. The van der Waals surface area contributed by atoms with Crippen LogP contribution in [0.2, 0.25) is 0 Å². The third-order valence-corrected chi connectivity index (χ3v) is 3.03. The van der Waals surface area contributed by atoms with Gasteiger partial charge in [-0.25, -0.2) is 4.79 Å². The molecule has 0 bridgehead atoms. The quantitative estimate of drug-likeness (QED) is 0.808. The van der Waals surface area contributed by atoms with E-state index in [9.17, 15) is 14.7 Å². The number of esters is 1. The molecule has 0 spiro atoms. The Morgan fingerprint density at radius 2 is 2.11 bits per heavy atom. The minimum Gasteiger partial charge on any atom is -0.507 e. The second-order valence-electron chi connectivity index (χ2n) is 4.80. The van der Waals surface area contributed by atoms with Gasteiger partial charge < -0.3 is 15.2 Å². The SMILES string of the molecule is Cc1cccc(C(=O)O[C@H](C)C(=O)NC2CC2)c1O. The molecule has 1 aromatic carbocycles. The zero-order valence-corrected chi connectivity index (χ0v) is 11.0. The van der Waals surface area contributed by atoms with E-state index in [4.69, 9.17) is 4.74 Å². The lowest BCUT2D eigenvalue weighted by atomic mass is 10.1. The van der Waals surface area contributed by atoms with Gasteiger partial charge in [0.05, 0.1) is 0 Å². The van der Waals surface area contributed by atoms with Gasteiger partial charge in [0.1, 0.15) is 11.3 Å². The van der Waals surface area contributed by atoms with Crippen molar-refractivity contribution in [3.63, 3.8) is 0 Å². The van der Waals surface area contributed by atoms with Gasteiger partial charge in [-0.3, -0.25) is 4.79 Å². The predicted molar refractivity (Wildman–Crippen MR) is 68.9 cm³/mol. The molecule has 1 atom stereocenters. The van der Waals surface area contributed by atoms with E-state index in [1.807, 2.05) is 0 Å². The molecule has 0 aromatic heterocycles. The molecular weight excluding hydrogens is 246 g/mol. The summed E-state index contributed by atoms with van der Waals surface area (Å²) < 4.78 is 5.05. The third kappa shape index (κ3) is 3.24. The highest BCUT2D eigenvalue weighted by atomic mass is 16.5. The number of aryl methyl sites for hydroxylation is 1. The van der Waals surface area contributed by atoms with Crippen LogP contribution in [0.3, 0.4) is 0 Å². The van der Waals surface area contributed by atoms with Crippen molar-refractivity contribution in [1.82, 2.24) is 5.32 Å². The van der Waals surface area contributed by atoms with Crippen LogP contribution < -0.4 is 5.32 Å². The summed E-state index contributed by atoms with van der Waals surface area (Å²) in [6.45, 7) is 3.21. The van der Waals surface area contributed by atoms with Crippen LogP contribution in [0.15, 0.2) is 18.2 Å². The lowest BCUT2D eigenvalue weighted by molar-refractivity contribution is -0.129. The average Bonchev–Trinajstić information content (AvgIpc) is 3.16. The number of carbonyl (C=O) groups is 2. The number of para-hydroxylation sites is 1. The summed E-state index contributed by atoms with van der Waals surface area (Å²) in [5.41, 5.74) is 0.663. The highest BCUT2D eigenvalue weighted by molar-refractivity contribution is 5.95. The first-order valence-corrected chi connectivity index (χ1v) is 6.29.